The normalized spacial score (nSPS) is 10.3. The van der Waals surface area contributed by atoms with Crippen LogP contribution in [0.5, 0.6) is 0 Å². The van der Waals surface area contributed by atoms with Crippen LogP contribution in [0.3, 0.4) is 0 Å². The first kappa shape index (κ1) is 10.5. The Morgan fingerprint density at radius 1 is 1.19 bits per heavy atom. The molecule has 16 heavy (non-hydrogen) atoms. The number of pyridine rings is 1. The van der Waals surface area contributed by atoms with Crippen molar-refractivity contribution in [3.63, 3.8) is 0 Å². The fourth-order valence-electron chi connectivity index (χ4n) is 1.64. The first-order valence-corrected chi connectivity index (χ1v) is 5.18. The predicted molar refractivity (Wildman–Crippen MR) is 65.4 cm³/mol. The molecule has 0 spiro atoms. The van der Waals surface area contributed by atoms with E-state index in [1.54, 1.807) is 10.8 Å². The Hall–Kier alpha value is -2.03. The summed E-state index contributed by atoms with van der Waals surface area (Å²) < 4.78 is 1.67. The fourth-order valence-corrected chi connectivity index (χ4v) is 1.64. The predicted octanol–water partition coefficient (Wildman–Crippen LogP) is 1.79. The Labute approximate surface area is 94.1 Å². The minimum absolute atomic E-state index is 0.0331. The maximum absolute atomic E-state index is 11.8. The zero-order valence-corrected chi connectivity index (χ0v) is 9.18. The highest BCUT2D eigenvalue weighted by molar-refractivity contribution is 5.46. The molecule has 2 aromatic rings. The number of nitrogens with two attached hydrogens (primary N) is 1. The number of anilines is 1. The lowest BCUT2D eigenvalue weighted by Gasteiger charge is -2.08. The van der Waals surface area contributed by atoms with Gasteiger partial charge in [0.05, 0.1) is 6.54 Å². The summed E-state index contributed by atoms with van der Waals surface area (Å²) >= 11 is 0. The molecule has 3 nitrogen and oxygen atoms in total. The van der Waals surface area contributed by atoms with Crippen LogP contribution in [0.25, 0.3) is 0 Å². The molecule has 1 aromatic heterocycles. The van der Waals surface area contributed by atoms with Crippen LogP contribution in [0.1, 0.15) is 11.1 Å². The topological polar surface area (TPSA) is 48.0 Å². The number of para-hydroxylation sites is 1. The van der Waals surface area contributed by atoms with E-state index in [0.29, 0.717) is 6.54 Å². The summed E-state index contributed by atoms with van der Waals surface area (Å²) in [6.45, 7) is 2.33. The molecule has 82 valence electrons. The van der Waals surface area contributed by atoms with Gasteiger partial charge >= 0.3 is 0 Å². The van der Waals surface area contributed by atoms with Crippen LogP contribution < -0.4 is 11.3 Å². The van der Waals surface area contributed by atoms with Gasteiger partial charge in [-0.25, -0.2) is 0 Å². The van der Waals surface area contributed by atoms with Crippen molar-refractivity contribution >= 4 is 5.69 Å². The van der Waals surface area contributed by atoms with Gasteiger partial charge in [-0.3, -0.25) is 4.79 Å². The SMILES string of the molecule is Cc1cccn(Cc2ccccc2N)c1=O. The smallest absolute Gasteiger partial charge is 0.253 e. The van der Waals surface area contributed by atoms with Gasteiger partial charge in [0.1, 0.15) is 0 Å². The molecule has 0 amide bonds. The Morgan fingerprint density at radius 3 is 2.69 bits per heavy atom. The molecular weight excluding hydrogens is 200 g/mol. The van der Waals surface area contributed by atoms with E-state index in [9.17, 15) is 4.79 Å². The van der Waals surface area contributed by atoms with Gasteiger partial charge in [0.25, 0.3) is 5.56 Å². The third-order valence-electron chi connectivity index (χ3n) is 2.61. The van der Waals surface area contributed by atoms with Crippen LogP contribution >= 0.6 is 0 Å². The number of rotatable bonds is 2. The third kappa shape index (κ3) is 1.98. The zero-order chi connectivity index (χ0) is 11.5. The largest absolute Gasteiger partial charge is 0.398 e. The van der Waals surface area contributed by atoms with Crippen LogP contribution in [-0.2, 0) is 6.54 Å². The van der Waals surface area contributed by atoms with Gasteiger partial charge in [0, 0.05) is 17.4 Å². The van der Waals surface area contributed by atoms with Crippen LogP contribution in [0, 0.1) is 6.92 Å². The van der Waals surface area contributed by atoms with Crippen molar-refractivity contribution in [2.24, 2.45) is 0 Å². The number of nitrogen functional groups attached to an aromatic ring is 1. The quantitative estimate of drug-likeness (QED) is 0.775. The summed E-state index contributed by atoms with van der Waals surface area (Å²) in [5.74, 6) is 0. The van der Waals surface area contributed by atoms with E-state index >= 15 is 0 Å². The monoisotopic (exact) mass is 214 g/mol. The second-order valence-electron chi connectivity index (χ2n) is 3.82. The number of nitrogens with zero attached hydrogens (tertiary/aromatic N) is 1. The minimum Gasteiger partial charge on any atom is -0.398 e. The fraction of sp³-hybridized carbons (Fsp3) is 0.154. The molecule has 0 aliphatic carbocycles. The number of aryl methyl sites for hydroxylation is 1. The third-order valence-corrected chi connectivity index (χ3v) is 2.61. The van der Waals surface area contributed by atoms with Crippen LogP contribution in [0.15, 0.2) is 47.4 Å². The lowest BCUT2D eigenvalue weighted by atomic mass is 10.2. The lowest BCUT2D eigenvalue weighted by Crippen LogP contribution is -2.22. The van der Waals surface area contributed by atoms with E-state index in [4.69, 9.17) is 5.73 Å². The van der Waals surface area contributed by atoms with E-state index in [1.807, 2.05) is 43.3 Å². The van der Waals surface area contributed by atoms with Crippen molar-refractivity contribution < 1.29 is 0 Å². The summed E-state index contributed by atoms with van der Waals surface area (Å²) in [5, 5.41) is 0. The van der Waals surface area contributed by atoms with E-state index in [2.05, 4.69) is 0 Å². The van der Waals surface area contributed by atoms with Gasteiger partial charge in [0.2, 0.25) is 0 Å². The van der Waals surface area contributed by atoms with Crippen LogP contribution in [-0.4, -0.2) is 4.57 Å². The maximum atomic E-state index is 11.8. The number of hydrogen-bond acceptors (Lipinski definition) is 2. The van der Waals surface area contributed by atoms with E-state index in [0.717, 1.165) is 16.8 Å². The molecule has 1 aromatic carbocycles. The molecule has 0 aliphatic rings. The van der Waals surface area contributed by atoms with Crippen LogP contribution in [0.2, 0.25) is 0 Å². The molecule has 3 heteroatoms. The summed E-state index contributed by atoms with van der Waals surface area (Å²) in [5.41, 5.74) is 8.31. The number of aromatic nitrogens is 1. The second-order valence-corrected chi connectivity index (χ2v) is 3.82. The van der Waals surface area contributed by atoms with E-state index < -0.39 is 0 Å². The molecule has 0 aliphatic heterocycles. The van der Waals surface area contributed by atoms with Gasteiger partial charge in [-0.1, -0.05) is 24.3 Å². The zero-order valence-electron chi connectivity index (χ0n) is 9.18. The highest BCUT2D eigenvalue weighted by Gasteiger charge is 2.02. The summed E-state index contributed by atoms with van der Waals surface area (Å²) in [6.07, 6.45) is 1.78. The molecule has 2 rings (SSSR count). The van der Waals surface area contributed by atoms with Gasteiger partial charge in [-0.2, -0.15) is 0 Å². The van der Waals surface area contributed by atoms with Crippen molar-refractivity contribution in [1.29, 1.82) is 0 Å². The molecule has 0 fully saturated rings. The van der Waals surface area contributed by atoms with E-state index in [-0.39, 0.29) is 5.56 Å². The first-order valence-electron chi connectivity index (χ1n) is 5.18. The molecule has 0 radical (unpaired) electrons. The van der Waals surface area contributed by atoms with Gasteiger partial charge in [-0.15, -0.1) is 0 Å². The second kappa shape index (κ2) is 4.23. The molecule has 1 heterocycles. The Kier molecular flexibility index (Phi) is 2.77. The molecule has 0 bridgehead atoms. The molecule has 2 N–H and O–H groups in total. The molecular formula is C13H14N2O. The van der Waals surface area contributed by atoms with E-state index in [1.165, 1.54) is 0 Å². The molecule has 0 saturated heterocycles. The van der Waals surface area contributed by atoms with Crippen molar-refractivity contribution in [2.45, 2.75) is 13.5 Å². The standard InChI is InChI=1S/C13H14N2O/c1-10-5-4-8-15(13(10)16)9-11-6-2-3-7-12(11)14/h2-8H,9,14H2,1H3. The number of benzene rings is 1. The van der Waals surface area contributed by atoms with Crippen molar-refractivity contribution in [3.05, 3.63) is 64.1 Å². The molecule has 0 saturated carbocycles. The van der Waals surface area contributed by atoms with Gasteiger partial charge in [0.15, 0.2) is 0 Å². The Bertz CT molecular complexity index is 558. The van der Waals surface area contributed by atoms with Crippen molar-refractivity contribution in [2.75, 3.05) is 5.73 Å². The average Bonchev–Trinajstić information content (AvgIpc) is 2.28. The van der Waals surface area contributed by atoms with Gasteiger partial charge < -0.3 is 10.3 Å². The van der Waals surface area contributed by atoms with Crippen molar-refractivity contribution in [3.8, 4) is 0 Å². The highest BCUT2D eigenvalue weighted by Crippen LogP contribution is 2.11. The Balaban J connectivity index is 2.39. The molecule has 0 atom stereocenters. The lowest BCUT2D eigenvalue weighted by molar-refractivity contribution is 0.754. The Morgan fingerprint density at radius 2 is 1.94 bits per heavy atom. The first-order chi connectivity index (χ1) is 7.68. The van der Waals surface area contributed by atoms with Crippen LogP contribution in [0.4, 0.5) is 5.69 Å². The molecule has 0 unspecified atom stereocenters. The van der Waals surface area contributed by atoms with Gasteiger partial charge in [-0.05, 0) is 24.6 Å². The average molecular weight is 214 g/mol. The maximum Gasteiger partial charge on any atom is 0.253 e. The summed E-state index contributed by atoms with van der Waals surface area (Å²) in [4.78, 5) is 11.8. The summed E-state index contributed by atoms with van der Waals surface area (Å²) in [6, 6.07) is 11.3. The summed E-state index contributed by atoms with van der Waals surface area (Å²) in [7, 11) is 0. The minimum atomic E-state index is 0.0331. The number of hydrogen-bond donors (Lipinski definition) is 1. The highest BCUT2D eigenvalue weighted by atomic mass is 16.1. The van der Waals surface area contributed by atoms with Crippen molar-refractivity contribution in [1.82, 2.24) is 4.57 Å².